The summed E-state index contributed by atoms with van der Waals surface area (Å²) in [6.07, 6.45) is 1.51. The minimum atomic E-state index is -0.0596. The van der Waals surface area contributed by atoms with Gasteiger partial charge >= 0.3 is 0 Å². The van der Waals surface area contributed by atoms with Gasteiger partial charge < -0.3 is 4.74 Å². The maximum Gasteiger partial charge on any atom is 0.239 e. The van der Waals surface area contributed by atoms with Crippen LogP contribution in [0, 0.1) is 11.3 Å². The molecule has 0 saturated carbocycles. The number of pyridine rings is 1. The molecule has 1 aromatic carbocycles. The van der Waals surface area contributed by atoms with Crippen LogP contribution in [-0.4, -0.2) is 4.98 Å². The lowest BCUT2D eigenvalue weighted by Gasteiger charge is -2.22. The molecule has 4 heteroatoms. The highest BCUT2D eigenvalue weighted by Gasteiger charge is 2.20. The van der Waals surface area contributed by atoms with Crippen molar-refractivity contribution in [2.45, 2.75) is 26.2 Å². The molecule has 0 unspecified atom stereocenters. The molecule has 3 nitrogen and oxygen atoms in total. The van der Waals surface area contributed by atoms with E-state index in [-0.39, 0.29) is 16.3 Å². The molecule has 0 amide bonds. The third-order valence-corrected chi connectivity index (χ3v) is 3.24. The van der Waals surface area contributed by atoms with E-state index in [0.29, 0.717) is 11.3 Å². The molecule has 0 radical (unpaired) electrons. The van der Waals surface area contributed by atoms with Gasteiger partial charge in [0.2, 0.25) is 5.88 Å². The zero-order valence-corrected chi connectivity index (χ0v) is 12.4. The van der Waals surface area contributed by atoms with Gasteiger partial charge in [-0.2, -0.15) is 5.26 Å². The lowest BCUT2D eigenvalue weighted by Crippen LogP contribution is -2.12. The number of nitrogens with zero attached hydrogens (tertiary/aromatic N) is 2. The summed E-state index contributed by atoms with van der Waals surface area (Å²) in [5, 5.41) is 9.21. The molecule has 0 saturated heterocycles. The number of aromatic nitrogens is 1. The summed E-state index contributed by atoms with van der Waals surface area (Å²) in [6.45, 7) is 6.32. The average Bonchev–Trinajstić information content (AvgIpc) is 2.40. The molecule has 0 bridgehead atoms. The fourth-order valence-corrected chi connectivity index (χ4v) is 2.05. The van der Waals surface area contributed by atoms with E-state index in [4.69, 9.17) is 21.6 Å². The molecular weight excluding hydrogens is 272 g/mol. The molecule has 102 valence electrons. The quantitative estimate of drug-likeness (QED) is 0.804. The first-order valence-electron chi connectivity index (χ1n) is 6.25. The Morgan fingerprint density at radius 2 is 1.90 bits per heavy atom. The number of nitriles is 1. The van der Waals surface area contributed by atoms with Crippen LogP contribution in [0.25, 0.3) is 0 Å². The number of benzene rings is 1. The molecule has 0 aliphatic carbocycles. The van der Waals surface area contributed by atoms with Gasteiger partial charge in [0, 0.05) is 11.8 Å². The van der Waals surface area contributed by atoms with Crippen LogP contribution in [0.1, 0.15) is 31.9 Å². The third-order valence-electron chi connectivity index (χ3n) is 2.88. The molecule has 20 heavy (non-hydrogen) atoms. The fourth-order valence-electron chi connectivity index (χ4n) is 1.86. The van der Waals surface area contributed by atoms with E-state index in [1.807, 2.05) is 30.3 Å². The van der Waals surface area contributed by atoms with Crippen molar-refractivity contribution in [3.63, 3.8) is 0 Å². The number of para-hydroxylation sites is 1. The molecule has 0 aliphatic rings. The Morgan fingerprint density at radius 1 is 1.20 bits per heavy atom. The Morgan fingerprint density at radius 3 is 2.55 bits per heavy atom. The summed E-state index contributed by atoms with van der Waals surface area (Å²) in [4.78, 5) is 4.10. The number of hydrogen-bond donors (Lipinski definition) is 0. The van der Waals surface area contributed by atoms with Crippen LogP contribution in [0.2, 0.25) is 5.02 Å². The second-order valence-electron chi connectivity index (χ2n) is 5.44. The standard InChI is InChI=1S/C16H15ClN2O/c1-16(2,3)12-6-4-5-7-13(12)20-15-14(17)11(10-18)8-9-19-15/h4-9H,1-3H3. The first-order chi connectivity index (χ1) is 9.43. The molecule has 0 spiro atoms. The molecule has 0 fully saturated rings. The maximum absolute atomic E-state index is 8.98. The van der Waals surface area contributed by atoms with Crippen LogP contribution in [0.15, 0.2) is 36.5 Å². The Bertz CT molecular complexity index is 669. The first-order valence-corrected chi connectivity index (χ1v) is 6.63. The van der Waals surface area contributed by atoms with Gasteiger partial charge in [-0.15, -0.1) is 0 Å². The van der Waals surface area contributed by atoms with Gasteiger partial charge in [0.25, 0.3) is 0 Å². The second-order valence-corrected chi connectivity index (χ2v) is 5.82. The van der Waals surface area contributed by atoms with Crippen molar-refractivity contribution in [2.24, 2.45) is 0 Å². The SMILES string of the molecule is CC(C)(C)c1ccccc1Oc1nccc(C#N)c1Cl. The van der Waals surface area contributed by atoms with Crippen LogP contribution in [0.5, 0.6) is 11.6 Å². The van der Waals surface area contributed by atoms with Crippen molar-refractivity contribution >= 4 is 11.6 Å². The van der Waals surface area contributed by atoms with Crippen LogP contribution >= 0.6 is 11.6 Å². The molecule has 1 aromatic heterocycles. The summed E-state index contributed by atoms with van der Waals surface area (Å²) in [7, 11) is 0. The topological polar surface area (TPSA) is 45.9 Å². The van der Waals surface area contributed by atoms with Gasteiger partial charge in [-0.1, -0.05) is 50.6 Å². The molecule has 0 aliphatic heterocycles. The number of ether oxygens (including phenoxy) is 1. The van der Waals surface area contributed by atoms with Gasteiger partial charge in [-0.05, 0) is 17.5 Å². The molecule has 2 aromatic rings. The summed E-state index contributed by atoms with van der Waals surface area (Å²) in [5.41, 5.74) is 1.35. The van der Waals surface area contributed by atoms with Crippen LogP contribution in [0.4, 0.5) is 0 Å². The largest absolute Gasteiger partial charge is 0.437 e. The summed E-state index contributed by atoms with van der Waals surface area (Å²) in [6, 6.07) is 11.3. The highest BCUT2D eigenvalue weighted by molar-refractivity contribution is 6.33. The minimum absolute atomic E-state index is 0.0596. The van der Waals surface area contributed by atoms with E-state index in [1.165, 1.54) is 6.20 Å². The van der Waals surface area contributed by atoms with Crippen LogP contribution < -0.4 is 4.74 Å². The Hall–Kier alpha value is -2.05. The van der Waals surface area contributed by atoms with Crippen molar-refractivity contribution in [3.05, 3.63) is 52.7 Å². The van der Waals surface area contributed by atoms with Crippen molar-refractivity contribution < 1.29 is 4.74 Å². The van der Waals surface area contributed by atoms with Crippen molar-refractivity contribution in [2.75, 3.05) is 0 Å². The van der Waals surface area contributed by atoms with Gasteiger partial charge in [-0.3, -0.25) is 0 Å². The van der Waals surface area contributed by atoms with E-state index in [0.717, 1.165) is 5.56 Å². The Kier molecular flexibility index (Phi) is 3.96. The molecular formula is C16H15ClN2O. The predicted molar refractivity (Wildman–Crippen MR) is 79.2 cm³/mol. The third kappa shape index (κ3) is 2.92. The molecule has 0 atom stereocenters. The zero-order valence-electron chi connectivity index (χ0n) is 11.6. The molecule has 2 rings (SSSR count). The van der Waals surface area contributed by atoms with Crippen molar-refractivity contribution in [3.8, 4) is 17.7 Å². The minimum Gasteiger partial charge on any atom is -0.437 e. The van der Waals surface area contributed by atoms with Crippen LogP contribution in [0.3, 0.4) is 0 Å². The molecule has 0 N–H and O–H groups in total. The van der Waals surface area contributed by atoms with E-state index in [1.54, 1.807) is 6.07 Å². The monoisotopic (exact) mass is 286 g/mol. The highest BCUT2D eigenvalue weighted by atomic mass is 35.5. The normalized spacial score (nSPS) is 10.9. The summed E-state index contributed by atoms with van der Waals surface area (Å²) >= 11 is 6.12. The summed E-state index contributed by atoms with van der Waals surface area (Å²) < 4.78 is 5.82. The van der Waals surface area contributed by atoms with E-state index >= 15 is 0 Å². The smallest absolute Gasteiger partial charge is 0.239 e. The number of rotatable bonds is 2. The first kappa shape index (κ1) is 14.4. The number of halogens is 1. The number of hydrogen-bond acceptors (Lipinski definition) is 3. The van der Waals surface area contributed by atoms with Gasteiger partial charge in [-0.25, -0.2) is 4.98 Å². The highest BCUT2D eigenvalue weighted by Crippen LogP contribution is 2.36. The summed E-state index contributed by atoms with van der Waals surface area (Å²) in [5.74, 6) is 0.951. The predicted octanol–water partition coefficient (Wildman–Crippen LogP) is 4.70. The Balaban J connectivity index is 2.44. The van der Waals surface area contributed by atoms with E-state index in [2.05, 4.69) is 25.8 Å². The van der Waals surface area contributed by atoms with Gasteiger partial charge in [0.05, 0.1) is 5.56 Å². The lowest BCUT2D eigenvalue weighted by atomic mass is 9.86. The van der Waals surface area contributed by atoms with Crippen molar-refractivity contribution in [1.82, 2.24) is 4.98 Å². The maximum atomic E-state index is 8.98. The zero-order chi connectivity index (χ0) is 14.8. The second kappa shape index (κ2) is 5.52. The van der Waals surface area contributed by atoms with Crippen molar-refractivity contribution in [1.29, 1.82) is 5.26 Å². The van der Waals surface area contributed by atoms with Crippen LogP contribution in [-0.2, 0) is 5.41 Å². The van der Waals surface area contributed by atoms with Gasteiger partial charge in [0.1, 0.15) is 16.8 Å². The van der Waals surface area contributed by atoms with E-state index in [9.17, 15) is 0 Å². The Labute approximate surface area is 123 Å². The van der Waals surface area contributed by atoms with Gasteiger partial charge in [0.15, 0.2) is 0 Å². The fraction of sp³-hybridized carbons (Fsp3) is 0.250. The molecule has 1 heterocycles. The van der Waals surface area contributed by atoms with E-state index < -0.39 is 0 Å². The lowest BCUT2D eigenvalue weighted by molar-refractivity contribution is 0.440. The average molecular weight is 287 g/mol.